The van der Waals surface area contributed by atoms with E-state index in [9.17, 15) is 4.57 Å². The summed E-state index contributed by atoms with van der Waals surface area (Å²) in [7, 11) is -3.48. The Kier molecular flexibility index (Phi) is 7.36. The van der Waals surface area contributed by atoms with Crippen molar-refractivity contribution in [1.29, 1.82) is 0 Å². The summed E-state index contributed by atoms with van der Waals surface area (Å²) in [6.45, 7) is 4.74. The van der Waals surface area contributed by atoms with Gasteiger partial charge in [-0.05, 0) is 43.2 Å². The van der Waals surface area contributed by atoms with E-state index in [2.05, 4.69) is 26.2 Å². The van der Waals surface area contributed by atoms with Gasteiger partial charge in [0.25, 0.3) is 0 Å². The summed E-state index contributed by atoms with van der Waals surface area (Å²) in [6, 6.07) is 15.7. The third-order valence-electron chi connectivity index (χ3n) is 4.33. The largest absolute Gasteiger partial charge is 0.368 e. The van der Waals surface area contributed by atoms with Crippen molar-refractivity contribution < 1.29 is 13.6 Å². The molecule has 0 saturated heterocycles. The van der Waals surface area contributed by atoms with Gasteiger partial charge in [-0.1, -0.05) is 48.0 Å². The van der Waals surface area contributed by atoms with Crippen LogP contribution in [-0.2, 0) is 13.6 Å². The van der Waals surface area contributed by atoms with E-state index in [0.717, 1.165) is 39.5 Å². The number of benzene rings is 2. The highest BCUT2D eigenvalue weighted by Crippen LogP contribution is 2.61. The Morgan fingerprint density at radius 3 is 2.32 bits per heavy atom. The molecule has 0 aliphatic rings. The Morgan fingerprint density at radius 1 is 1.04 bits per heavy atom. The topological polar surface area (TPSA) is 63.4 Å². The third-order valence-corrected chi connectivity index (χ3v) is 6.98. The number of halogens is 1. The van der Waals surface area contributed by atoms with Gasteiger partial charge in [0.15, 0.2) is 5.78 Å². The van der Waals surface area contributed by atoms with Gasteiger partial charge in [0.05, 0.1) is 13.2 Å². The lowest BCUT2D eigenvalue weighted by molar-refractivity contribution is 0.199. The van der Waals surface area contributed by atoms with Crippen LogP contribution in [0.3, 0.4) is 0 Å². The minimum Gasteiger partial charge on any atom is -0.368 e. The summed E-state index contributed by atoms with van der Waals surface area (Å²) < 4.78 is 26.6. The first kappa shape index (κ1) is 21.1. The van der Waals surface area contributed by atoms with Crippen LogP contribution in [0.1, 0.15) is 38.0 Å². The van der Waals surface area contributed by atoms with Gasteiger partial charge in [-0.25, -0.2) is 0 Å². The highest BCUT2D eigenvalue weighted by Gasteiger charge is 2.38. The van der Waals surface area contributed by atoms with E-state index in [1.54, 1.807) is 0 Å². The first-order valence-electron chi connectivity index (χ1n) is 9.54. The van der Waals surface area contributed by atoms with E-state index < -0.39 is 13.4 Å². The molecule has 1 unspecified atom stereocenters. The number of aromatic nitrogens is 1. The van der Waals surface area contributed by atoms with Crippen molar-refractivity contribution >= 4 is 40.1 Å². The molecule has 0 spiro atoms. The van der Waals surface area contributed by atoms with E-state index >= 15 is 0 Å². The van der Waals surface area contributed by atoms with Gasteiger partial charge in [0, 0.05) is 32.8 Å². The molecule has 0 amide bonds. The molecule has 5 nitrogen and oxygen atoms in total. The highest BCUT2D eigenvalue weighted by molar-refractivity contribution is 9.10. The molecule has 150 valence electrons. The zero-order chi connectivity index (χ0) is 20.0. The average Bonchev–Trinajstić information content (AvgIpc) is 3.14. The monoisotopic (exact) mass is 464 g/mol. The third kappa shape index (κ3) is 4.87. The number of hydrogen-bond donors (Lipinski definition) is 2. The van der Waals surface area contributed by atoms with Gasteiger partial charge in [-0.2, -0.15) is 0 Å². The molecule has 1 heterocycles. The van der Waals surface area contributed by atoms with Crippen LogP contribution in [-0.4, -0.2) is 18.2 Å². The zero-order valence-corrected chi connectivity index (χ0v) is 18.6. The second-order valence-corrected chi connectivity index (χ2v) is 9.58. The van der Waals surface area contributed by atoms with Gasteiger partial charge in [-0.15, -0.1) is 0 Å². The van der Waals surface area contributed by atoms with Crippen LogP contribution in [0, 0.1) is 0 Å². The molecule has 2 aromatic carbocycles. The molecule has 0 radical (unpaired) electrons. The molecule has 0 aliphatic heterocycles. The predicted molar refractivity (Wildman–Crippen MR) is 119 cm³/mol. The molecule has 1 atom stereocenters. The summed E-state index contributed by atoms with van der Waals surface area (Å²) >= 11 is 3.45. The van der Waals surface area contributed by atoms with E-state index in [0.29, 0.717) is 13.2 Å². The molecule has 0 fully saturated rings. The number of aromatic amines is 1. The van der Waals surface area contributed by atoms with Crippen molar-refractivity contribution in [1.82, 2.24) is 4.98 Å². The molecular formula is C21H26BrN2O3P. The van der Waals surface area contributed by atoms with Crippen molar-refractivity contribution in [3.8, 4) is 0 Å². The van der Waals surface area contributed by atoms with Crippen LogP contribution in [0.4, 0.5) is 5.69 Å². The molecule has 1 aromatic heterocycles. The lowest BCUT2D eigenvalue weighted by Crippen LogP contribution is -2.15. The smallest absolute Gasteiger partial charge is 0.357 e. The van der Waals surface area contributed by atoms with E-state index in [1.807, 2.05) is 68.6 Å². The second-order valence-electron chi connectivity index (χ2n) is 6.55. The van der Waals surface area contributed by atoms with Crippen LogP contribution in [0.2, 0.25) is 0 Å². The fourth-order valence-electron chi connectivity index (χ4n) is 2.97. The average molecular weight is 465 g/mol. The molecule has 0 saturated carbocycles. The quantitative estimate of drug-likeness (QED) is 0.314. The number of H-pyrrole nitrogens is 1. The van der Waals surface area contributed by atoms with Crippen molar-refractivity contribution in [3.63, 3.8) is 0 Å². The summed E-state index contributed by atoms with van der Waals surface area (Å²) in [5.74, 6) is -0.622. The Bertz CT molecular complexity index is 930. The van der Waals surface area contributed by atoms with Gasteiger partial charge in [0.1, 0.15) is 0 Å². The SMILES string of the molecule is CCCOP(=O)(OCCC)C(Nc1ccc(Br)cc1)c1c[nH]c2ccccc12. The van der Waals surface area contributed by atoms with Crippen molar-refractivity contribution in [2.75, 3.05) is 18.5 Å². The Morgan fingerprint density at radius 2 is 1.68 bits per heavy atom. The maximum Gasteiger partial charge on any atom is 0.357 e. The number of hydrogen-bond acceptors (Lipinski definition) is 4. The molecule has 3 aromatic rings. The molecule has 7 heteroatoms. The van der Waals surface area contributed by atoms with Crippen LogP contribution in [0.25, 0.3) is 10.9 Å². The fraction of sp³-hybridized carbons (Fsp3) is 0.333. The van der Waals surface area contributed by atoms with Gasteiger partial charge >= 0.3 is 7.60 Å². The number of anilines is 1. The van der Waals surface area contributed by atoms with Gasteiger partial charge in [-0.3, -0.25) is 4.57 Å². The number of rotatable bonds is 10. The normalized spacial score (nSPS) is 13.0. The summed E-state index contributed by atoms with van der Waals surface area (Å²) in [5.41, 5.74) is 2.70. The molecule has 28 heavy (non-hydrogen) atoms. The molecule has 0 bridgehead atoms. The first-order chi connectivity index (χ1) is 13.6. The number of nitrogens with one attached hydrogen (secondary N) is 2. The second kappa shape index (κ2) is 9.75. The molecule has 2 N–H and O–H groups in total. The van der Waals surface area contributed by atoms with Crippen LogP contribution < -0.4 is 5.32 Å². The zero-order valence-electron chi connectivity index (χ0n) is 16.2. The lowest BCUT2D eigenvalue weighted by atomic mass is 10.1. The predicted octanol–water partition coefficient (Wildman–Crippen LogP) is 7.09. The van der Waals surface area contributed by atoms with Crippen LogP contribution in [0.15, 0.2) is 59.2 Å². The van der Waals surface area contributed by atoms with E-state index in [1.165, 1.54) is 0 Å². The summed E-state index contributed by atoms with van der Waals surface area (Å²) in [5, 5.41) is 4.40. The lowest BCUT2D eigenvalue weighted by Gasteiger charge is -2.28. The first-order valence-corrected chi connectivity index (χ1v) is 11.9. The van der Waals surface area contributed by atoms with Crippen LogP contribution >= 0.6 is 23.5 Å². The van der Waals surface area contributed by atoms with Gasteiger partial charge in [0.2, 0.25) is 0 Å². The molecule has 0 aliphatic carbocycles. The van der Waals surface area contributed by atoms with Crippen molar-refractivity contribution in [3.05, 3.63) is 64.8 Å². The Labute approximate surface area is 174 Å². The van der Waals surface area contributed by atoms with Crippen molar-refractivity contribution in [2.24, 2.45) is 0 Å². The van der Waals surface area contributed by atoms with Crippen LogP contribution in [0.5, 0.6) is 0 Å². The maximum absolute atomic E-state index is 13.9. The molecule has 3 rings (SSSR count). The van der Waals surface area contributed by atoms with E-state index in [4.69, 9.17) is 9.05 Å². The Hall–Kier alpha value is -1.59. The standard InChI is InChI=1S/C21H26BrN2O3P/c1-3-13-26-28(25,27-14-4-2)21(24-17-11-9-16(22)10-12-17)19-15-23-20-8-6-5-7-18(19)20/h5-12,15,21,23-24H,3-4,13-14H2,1-2H3. The number of para-hydroxylation sites is 1. The Balaban J connectivity index is 2.06. The minimum absolute atomic E-state index is 0.377. The fourth-order valence-corrected chi connectivity index (χ4v) is 5.35. The van der Waals surface area contributed by atoms with Crippen molar-refractivity contribution in [2.45, 2.75) is 32.5 Å². The summed E-state index contributed by atoms with van der Waals surface area (Å²) in [6.07, 6.45) is 3.41. The maximum atomic E-state index is 13.9. The van der Waals surface area contributed by atoms with Gasteiger partial charge < -0.3 is 19.3 Å². The summed E-state index contributed by atoms with van der Waals surface area (Å²) in [4.78, 5) is 3.27. The number of fused-ring (bicyclic) bond motifs is 1. The minimum atomic E-state index is -3.48. The highest BCUT2D eigenvalue weighted by atomic mass is 79.9. The molecular weight excluding hydrogens is 439 g/mol. The van der Waals surface area contributed by atoms with E-state index in [-0.39, 0.29) is 0 Å².